The van der Waals surface area contributed by atoms with E-state index in [1.807, 2.05) is 6.92 Å². The standard InChI is InChI=1S/C21H18F2N4O4S/c1-2-24-20(29)15-7-12(5-6-25-15)9-26-16-11-32-10-14(16)19(28)27-13-3-4-17-18(8-13)31-21(22,23)30-17/h3-8,10-11,26H,2,9H2,1H3,(H,24,29)(H,27,28). The molecule has 0 spiro atoms. The maximum absolute atomic E-state index is 13.2. The van der Waals surface area contributed by atoms with Gasteiger partial charge in [-0.3, -0.25) is 14.6 Å². The van der Waals surface area contributed by atoms with Gasteiger partial charge in [0.25, 0.3) is 11.8 Å². The minimum atomic E-state index is -3.72. The summed E-state index contributed by atoms with van der Waals surface area (Å²) in [5, 5.41) is 12.0. The predicted octanol–water partition coefficient (Wildman–Crippen LogP) is 4.08. The number of aromatic nitrogens is 1. The Morgan fingerprint density at radius 2 is 1.91 bits per heavy atom. The zero-order valence-corrected chi connectivity index (χ0v) is 17.6. The second kappa shape index (κ2) is 8.79. The Hall–Kier alpha value is -3.73. The number of nitrogens with zero attached hydrogens (tertiary/aromatic N) is 1. The normalized spacial score (nSPS) is 13.5. The van der Waals surface area contributed by atoms with E-state index in [2.05, 4.69) is 30.4 Å². The third kappa shape index (κ3) is 4.78. The number of thiophene rings is 1. The Balaban J connectivity index is 1.42. The Morgan fingerprint density at radius 1 is 1.09 bits per heavy atom. The number of amides is 2. The number of nitrogens with one attached hydrogen (secondary N) is 3. The van der Waals surface area contributed by atoms with Crippen molar-refractivity contribution in [1.29, 1.82) is 0 Å². The van der Waals surface area contributed by atoms with Crippen LogP contribution in [0, 0.1) is 0 Å². The maximum atomic E-state index is 13.2. The molecule has 3 heterocycles. The molecule has 0 atom stereocenters. The molecule has 8 nitrogen and oxygen atoms in total. The third-order valence-corrected chi connectivity index (χ3v) is 5.19. The molecule has 1 aliphatic rings. The van der Waals surface area contributed by atoms with Crippen LogP contribution in [0.4, 0.5) is 20.2 Å². The number of benzene rings is 1. The molecule has 2 amide bonds. The molecule has 1 aromatic carbocycles. The summed E-state index contributed by atoms with van der Waals surface area (Å²) in [5.41, 5.74) is 2.39. The lowest BCUT2D eigenvalue weighted by atomic mass is 10.2. The molecule has 0 bridgehead atoms. The van der Waals surface area contributed by atoms with Gasteiger partial charge in [-0.1, -0.05) is 0 Å². The summed E-state index contributed by atoms with van der Waals surface area (Å²) in [6.07, 6.45) is -2.18. The van der Waals surface area contributed by atoms with E-state index in [9.17, 15) is 18.4 Å². The highest BCUT2D eigenvalue weighted by molar-refractivity contribution is 7.08. The number of halogens is 2. The average Bonchev–Trinajstić information content (AvgIpc) is 3.35. The van der Waals surface area contributed by atoms with E-state index in [0.29, 0.717) is 30.0 Å². The van der Waals surface area contributed by atoms with Gasteiger partial charge >= 0.3 is 6.29 Å². The second-order valence-corrected chi connectivity index (χ2v) is 7.49. The summed E-state index contributed by atoms with van der Waals surface area (Å²) in [4.78, 5) is 28.7. The van der Waals surface area contributed by atoms with E-state index in [0.717, 1.165) is 5.56 Å². The molecule has 2 aromatic heterocycles. The summed E-state index contributed by atoms with van der Waals surface area (Å²) in [5.74, 6) is -0.934. The number of carbonyl (C=O) groups is 2. The van der Waals surface area contributed by atoms with Gasteiger partial charge < -0.3 is 25.4 Å². The first kappa shape index (κ1) is 21.5. The smallest absolute Gasteiger partial charge is 0.395 e. The SMILES string of the molecule is CCNC(=O)c1cc(CNc2cscc2C(=O)Nc2ccc3c(c2)OC(F)(F)O3)ccn1. The molecule has 0 saturated carbocycles. The first-order valence-corrected chi connectivity index (χ1v) is 10.5. The fraction of sp³-hybridized carbons (Fsp3) is 0.190. The highest BCUT2D eigenvalue weighted by Crippen LogP contribution is 2.42. The number of carbonyl (C=O) groups excluding carboxylic acids is 2. The van der Waals surface area contributed by atoms with Crippen molar-refractivity contribution in [3.05, 3.63) is 64.1 Å². The highest BCUT2D eigenvalue weighted by Gasteiger charge is 2.43. The molecule has 1 aliphatic heterocycles. The zero-order valence-electron chi connectivity index (χ0n) is 16.8. The van der Waals surface area contributed by atoms with Gasteiger partial charge in [0, 0.05) is 41.8 Å². The van der Waals surface area contributed by atoms with Gasteiger partial charge in [0.15, 0.2) is 11.5 Å². The molecule has 0 unspecified atom stereocenters. The van der Waals surface area contributed by atoms with Crippen molar-refractivity contribution < 1.29 is 27.8 Å². The van der Waals surface area contributed by atoms with E-state index >= 15 is 0 Å². The molecule has 3 aromatic rings. The van der Waals surface area contributed by atoms with E-state index in [1.165, 1.54) is 29.5 Å². The number of fused-ring (bicyclic) bond motifs is 1. The van der Waals surface area contributed by atoms with Gasteiger partial charge in [-0.2, -0.15) is 0 Å². The van der Waals surface area contributed by atoms with Crippen molar-refractivity contribution >= 4 is 34.5 Å². The number of ether oxygens (including phenoxy) is 2. The Bertz CT molecular complexity index is 1170. The van der Waals surface area contributed by atoms with Gasteiger partial charge in [0.1, 0.15) is 5.69 Å². The van der Waals surface area contributed by atoms with Crippen LogP contribution in [0.15, 0.2) is 47.3 Å². The van der Waals surface area contributed by atoms with Crippen LogP contribution in [0.25, 0.3) is 0 Å². The summed E-state index contributed by atoms with van der Waals surface area (Å²) in [7, 11) is 0. The topological polar surface area (TPSA) is 102 Å². The summed E-state index contributed by atoms with van der Waals surface area (Å²) < 4.78 is 35.1. The molecule has 0 aliphatic carbocycles. The van der Waals surface area contributed by atoms with Crippen molar-refractivity contribution in [1.82, 2.24) is 10.3 Å². The first-order valence-electron chi connectivity index (χ1n) is 9.59. The average molecular weight is 460 g/mol. The van der Waals surface area contributed by atoms with E-state index < -0.39 is 12.2 Å². The minimum absolute atomic E-state index is 0.102. The lowest BCUT2D eigenvalue weighted by molar-refractivity contribution is -0.286. The summed E-state index contributed by atoms with van der Waals surface area (Å²) in [6, 6.07) is 7.46. The van der Waals surface area contributed by atoms with Crippen LogP contribution in [-0.2, 0) is 6.54 Å². The van der Waals surface area contributed by atoms with Crippen molar-refractivity contribution in [2.24, 2.45) is 0 Å². The van der Waals surface area contributed by atoms with E-state index in [-0.39, 0.29) is 23.1 Å². The number of rotatable bonds is 7. The van der Waals surface area contributed by atoms with Gasteiger partial charge in [-0.25, -0.2) is 0 Å². The highest BCUT2D eigenvalue weighted by atomic mass is 32.1. The Morgan fingerprint density at radius 3 is 2.72 bits per heavy atom. The number of hydrogen-bond acceptors (Lipinski definition) is 7. The molecular formula is C21H18F2N4O4S. The first-order chi connectivity index (χ1) is 15.3. The summed E-state index contributed by atoms with van der Waals surface area (Å²) in [6.45, 7) is 2.69. The molecule has 0 fully saturated rings. The van der Waals surface area contributed by atoms with Crippen LogP contribution < -0.4 is 25.4 Å². The van der Waals surface area contributed by atoms with Crippen molar-refractivity contribution in [2.45, 2.75) is 19.8 Å². The van der Waals surface area contributed by atoms with Gasteiger partial charge in [0.05, 0.1) is 11.3 Å². The summed E-state index contributed by atoms with van der Waals surface area (Å²) >= 11 is 1.33. The molecule has 11 heteroatoms. The number of anilines is 2. The van der Waals surface area contributed by atoms with Gasteiger partial charge in [0.2, 0.25) is 0 Å². The van der Waals surface area contributed by atoms with Crippen LogP contribution in [-0.4, -0.2) is 29.6 Å². The Labute approximate surface area is 185 Å². The Kier molecular flexibility index (Phi) is 5.91. The van der Waals surface area contributed by atoms with Gasteiger partial charge in [-0.05, 0) is 36.8 Å². The van der Waals surface area contributed by atoms with Crippen molar-refractivity contribution in [3.8, 4) is 11.5 Å². The lowest BCUT2D eigenvalue weighted by Gasteiger charge is -2.10. The largest absolute Gasteiger partial charge is 0.586 e. The molecule has 0 saturated heterocycles. The van der Waals surface area contributed by atoms with E-state index in [4.69, 9.17) is 0 Å². The maximum Gasteiger partial charge on any atom is 0.586 e. The van der Waals surface area contributed by atoms with Crippen molar-refractivity contribution in [2.75, 3.05) is 17.2 Å². The van der Waals surface area contributed by atoms with Crippen molar-refractivity contribution in [3.63, 3.8) is 0 Å². The second-order valence-electron chi connectivity index (χ2n) is 6.74. The fourth-order valence-corrected chi connectivity index (χ4v) is 3.78. The zero-order chi connectivity index (χ0) is 22.7. The van der Waals surface area contributed by atoms with Gasteiger partial charge in [-0.15, -0.1) is 20.1 Å². The molecular weight excluding hydrogens is 442 g/mol. The van der Waals surface area contributed by atoms with E-state index in [1.54, 1.807) is 29.1 Å². The van der Waals surface area contributed by atoms with Crippen LogP contribution >= 0.6 is 11.3 Å². The number of pyridine rings is 1. The molecule has 166 valence electrons. The monoisotopic (exact) mass is 460 g/mol. The van der Waals surface area contributed by atoms with Crippen LogP contribution in [0.5, 0.6) is 11.5 Å². The number of alkyl halides is 2. The molecule has 0 radical (unpaired) electrons. The molecule has 3 N–H and O–H groups in total. The quantitative estimate of drug-likeness (QED) is 0.491. The number of hydrogen-bond donors (Lipinski definition) is 3. The third-order valence-electron chi connectivity index (χ3n) is 4.44. The lowest BCUT2D eigenvalue weighted by Crippen LogP contribution is -2.25. The molecule has 4 rings (SSSR count). The fourth-order valence-electron chi connectivity index (χ4n) is 2.99. The van der Waals surface area contributed by atoms with Crippen LogP contribution in [0.3, 0.4) is 0 Å². The molecule has 32 heavy (non-hydrogen) atoms. The van der Waals surface area contributed by atoms with Crippen LogP contribution in [0.1, 0.15) is 33.3 Å². The van der Waals surface area contributed by atoms with Crippen LogP contribution in [0.2, 0.25) is 0 Å². The predicted molar refractivity (Wildman–Crippen MR) is 114 cm³/mol. The minimum Gasteiger partial charge on any atom is -0.395 e.